The van der Waals surface area contributed by atoms with Gasteiger partial charge < -0.3 is 9.47 Å². The fraction of sp³-hybridized carbons (Fsp3) is 0.882. The first-order valence-electron chi connectivity index (χ1n) is 7.02. The van der Waals surface area contributed by atoms with Crippen molar-refractivity contribution >= 4 is 11.9 Å². The minimum Gasteiger partial charge on any atom is -0.462 e. The van der Waals surface area contributed by atoms with Crippen molar-refractivity contribution < 1.29 is 19.1 Å². The molecule has 0 saturated heterocycles. The molecule has 0 aromatic rings. The van der Waals surface area contributed by atoms with Gasteiger partial charge in [-0.25, -0.2) is 0 Å². The van der Waals surface area contributed by atoms with Crippen LogP contribution < -0.4 is 0 Å². The van der Waals surface area contributed by atoms with Gasteiger partial charge >= 0.3 is 11.9 Å². The first-order chi connectivity index (χ1) is 8.67. The molecule has 0 heterocycles. The molecule has 4 heteroatoms. The van der Waals surface area contributed by atoms with Gasteiger partial charge in [-0.3, -0.25) is 9.59 Å². The van der Waals surface area contributed by atoms with Gasteiger partial charge in [0, 0.05) is 0 Å². The summed E-state index contributed by atoms with van der Waals surface area (Å²) in [4.78, 5) is 23.5. The average molecular weight is 304 g/mol. The molecule has 128 valence electrons. The molecule has 0 fully saturated rings. The smallest absolute Gasteiger partial charge is 0.311 e. The van der Waals surface area contributed by atoms with Crippen LogP contribution in [0.25, 0.3) is 0 Å². The Kier molecular flexibility index (Phi) is 12.6. The molecule has 0 spiro atoms. The summed E-state index contributed by atoms with van der Waals surface area (Å²) in [6.07, 6.45) is 2.44. The minimum absolute atomic E-state index is 0. The molecule has 0 aliphatic carbocycles. The second-order valence-corrected chi connectivity index (χ2v) is 6.14. The van der Waals surface area contributed by atoms with Crippen LogP contribution in [0.15, 0.2) is 0 Å². The van der Waals surface area contributed by atoms with Gasteiger partial charge in [0.15, 0.2) is 0 Å². The molecule has 0 aliphatic heterocycles. The average Bonchev–Trinajstić information content (AvgIpc) is 2.33. The SMILES string of the molecule is C.C.CCCC(C)(C)C(=O)OCCOC(=O)C(C)(C)CC. The Morgan fingerprint density at radius 1 is 0.810 bits per heavy atom. The highest BCUT2D eigenvalue weighted by molar-refractivity contribution is 5.76. The van der Waals surface area contributed by atoms with Crippen LogP contribution in [0.5, 0.6) is 0 Å². The maximum Gasteiger partial charge on any atom is 0.311 e. The van der Waals surface area contributed by atoms with Crippen molar-refractivity contribution in [2.24, 2.45) is 10.8 Å². The molecule has 0 atom stereocenters. The Balaban J connectivity index is -0.00000162. The molecule has 0 amide bonds. The third-order valence-corrected chi connectivity index (χ3v) is 3.41. The molecule has 21 heavy (non-hydrogen) atoms. The van der Waals surface area contributed by atoms with E-state index < -0.39 is 10.8 Å². The predicted octanol–water partition coefficient (Wildman–Crippen LogP) is 4.61. The monoisotopic (exact) mass is 304 g/mol. The lowest BCUT2D eigenvalue weighted by molar-refractivity contribution is -0.163. The van der Waals surface area contributed by atoms with Crippen LogP contribution in [0.3, 0.4) is 0 Å². The Hall–Kier alpha value is -1.06. The van der Waals surface area contributed by atoms with E-state index >= 15 is 0 Å². The Bertz CT molecular complexity index is 306. The zero-order chi connectivity index (χ0) is 15.1. The third-order valence-electron chi connectivity index (χ3n) is 3.41. The third kappa shape index (κ3) is 8.74. The highest BCUT2D eigenvalue weighted by atomic mass is 16.6. The van der Waals surface area contributed by atoms with E-state index in [9.17, 15) is 9.59 Å². The molecule has 0 aromatic heterocycles. The molecule has 0 rings (SSSR count). The molecule has 4 nitrogen and oxygen atoms in total. The van der Waals surface area contributed by atoms with Crippen molar-refractivity contribution in [3.63, 3.8) is 0 Å². The predicted molar refractivity (Wildman–Crippen MR) is 88.1 cm³/mol. The van der Waals surface area contributed by atoms with E-state index in [0.717, 1.165) is 19.3 Å². The minimum atomic E-state index is -0.481. The van der Waals surface area contributed by atoms with Gasteiger partial charge in [-0.2, -0.15) is 0 Å². The number of carbonyl (C=O) groups excluding carboxylic acids is 2. The first kappa shape index (κ1) is 24.9. The Morgan fingerprint density at radius 2 is 1.19 bits per heavy atom. The van der Waals surface area contributed by atoms with Crippen LogP contribution >= 0.6 is 0 Å². The van der Waals surface area contributed by atoms with Gasteiger partial charge in [0.2, 0.25) is 0 Å². The maximum absolute atomic E-state index is 11.8. The summed E-state index contributed by atoms with van der Waals surface area (Å²) in [5.74, 6) is -0.487. The van der Waals surface area contributed by atoms with Crippen molar-refractivity contribution in [1.82, 2.24) is 0 Å². The van der Waals surface area contributed by atoms with E-state index in [-0.39, 0.29) is 40.0 Å². The lowest BCUT2D eigenvalue weighted by atomic mass is 9.88. The highest BCUT2D eigenvalue weighted by Gasteiger charge is 2.29. The van der Waals surface area contributed by atoms with E-state index in [1.165, 1.54) is 0 Å². The Morgan fingerprint density at radius 3 is 1.52 bits per heavy atom. The number of hydrogen-bond acceptors (Lipinski definition) is 4. The lowest BCUT2D eigenvalue weighted by Gasteiger charge is -2.22. The summed E-state index contributed by atoms with van der Waals surface area (Å²) >= 11 is 0. The van der Waals surface area contributed by atoms with Crippen LogP contribution in [0.4, 0.5) is 0 Å². The van der Waals surface area contributed by atoms with Crippen LogP contribution in [0.2, 0.25) is 0 Å². The van der Waals surface area contributed by atoms with E-state index in [0.29, 0.717) is 0 Å². The van der Waals surface area contributed by atoms with Crippen molar-refractivity contribution in [2.75, 3.05) is 13.2 Å². The fourth-order valence-corrected chi connectivity index (χ4v) is 1.53. The molecular formula is C17H36O4. The summed E-state index contributed by atoms with van der Waals surface area (Å²) in [7, 11) is 0. The number of hydrogen-bond donors (Lipinski definition) is 0. The summed E-state index contributed by atoms with van der Waals surface area (Å²) in [6.45, 7) is 11.6. The number of carbonyl (C=O) groups is 2. The molecule has 0 unspecified atom stereocenters. The highest BCUT2D eigenvalue weighted by Crippen LogP contribution is 2.24. The topological polar surface area (TPSA) is 52.6 Å². The van der Waals surface area contributed by atoms with E-state index in [1.807, 2.05) is 41.5 Å². The zero-order valence-electron chi connectivity index (χ0n) is 13.2. The fourth-order valence-electron chi connectivity index (χ4n) is 1.53. The summed E-state index contributed by atoms with van der Waals surface area (Å²) in [6, 6.07) is 0. The van der Waals surface area contributed by atoms with Gasteiger partial charge in [-0.15, -0.1) is 0 Å². The van der Waals surface area contributed by atoms with Gasteiger partial charge in [0.05, 0.1) is 10.8 Å². The van der Waals surface area contributed by atoms with Gasteiger partial charge in [0.1, 0.15) is 13.2 Å². The van der Waals surface area contributed by atoms with Crippen LogP contribution in [0, 0.1) is 10.8 Å². The summed E-state index contributed by atoms with van der Waals surface area (Å²) in [5, 5.41) is 0. The van der Waals surface area contributed by atoms with Gasteiger partial charge in [-0.1, -0.05) is 35.1 Å². The van der Waals surface area contributed by atoms with E-state index in [2.05, 4.69) is 0 Å². The van der Waals surface area contributed by atoms with Gasteiger partial charge in [-0.05, 0) is 40.5 Å². The van der Waals surface area contributed by atoms with Crippen molar-refractivity contribution in [2.45, 2.75) is 75.7 Å². The molecule has 0 saturated carbocycles. The van der Waals surface area contributed by atoms with E-state index in [1.54, 1.807) is 0 Å². The molecule has 0 aromatic carbocycles. The number of rotatable bonds is 8. The number of ether oxygens (including phenoxy) is 2. The molecule has 0 radical (unpaired) electrons. The first-order valence-corrected chi connectivity index (χ1v) is 7.02. The van der Waals surface area contributed by atoms with E-state index in [4.69, 9.17) is 9.47 Å². The quantitative estimate of drug-likeness (QED) is 0.485. The zero-order valence-corrected chi connectivity index (χ0v) is 13.2. The Labute approximate surface area is 131 Å². The van der Waals surface area contributed by atoms with Crippen molar-refractivity contribution in [3.8, 4) is 0 Å². The maximum atomic E-state index is 11.8. The van der Waals surface area contributed by atoms with Gasteiger partial charge in [0.25, 0.3) is 0 Å². The van der Waals surface area contributed by atoms with Crippen molar-refractivity contribution in [1.29, 1.82) is 0 Å². The van der Waals surface area contributed by atoms with Crippen LogP contribution in [-0.4, -0.2) is 25.2 Å². The summed E-state index contributed by atoms with van der Waals surface area (Å²) < 4.78 is 10.2. The standard InChI is InChI=1S/C15H28O4.2CH4/c1-7-9-15(5,6)13(17)19-11-10-18-12(16)14(3,4)8-2;;/h7-11H2,1-6H3;2*1H4. The molecular weight excluding hydrogens is 268 g/mol. The molecule has 0 N–H and O–H groups in total. The van der Waals surface area contributed by atoms with Crippen LogP contribution in [-0.2, 0) is 19.1 Å². The van der Waals surface area contributed by atoms with Crippen molar-refractivity contribution in [3.05, 3.63) is 0 Å². The number of esters is 2. The second-order valence-electron chi connectivity index (χ2n) is 6.14. The second kappa shape index (κ2) is 10.6. The lowest BCUT2D eigenvalue weighted by Crippen LogP contribution is -2.30. The largest absolute Gasteiger partial charge is 0.462 e. The molecule has 0 aliphatic rings. The molecule has 0 bridgehead atoms. The normalized spacial score (nSPS) is 11.0. The van der Waals surface area contributed by atoms with Crippen LogP contribution in [0.1, 0.15) is 75.7 Å². The summed E-state index contributed by atoms with van der Waals surface area (Å²) in [5.41, 5.74) is -0.951.